The lowest BCUT2D eigenvalue weighted by Crippen LogP contribution is -2.39. The quantitative estimate of drug-likeness (QED) is 0.689. The summed E-state index contributed by atoms with van der Waals surface area (Å²) in [6.45, 7) is -0.736. The summed E-state index contributed by atoms with van der Waals surface area (Å²) < 4.78 is 38.9. The van der Waals surface area contributed by atoms with Gasteiger partial charge in [-0.25, -0.2) is 0 Å². The third-order valence-electron chi connectivity index (χ3n) is 3.77. The van der Waals surface area contributed by atoms with Gasteiger partial charge in [0.25, 0.3) is 0 Å². The molecule has 5 nitrogen and oxygen atoms in total. The van der Waals surface area contributed by atoms with E-state index in [0.717, 1.165) is 17.7 Å². The average Bonchev–Trinajstić information content (AvgIpc) is 2.64. The molecule has 2 rings (SSSR count). The summed E-state index contributed by atoms with van der Waals surface area (Å²) in [5.41, 5.74) is -0.490. The Labute approximate surface area is 154 Å². The topological polar surface area (TPSA) is 78.4 Å². The second-order valence-electron chi connectivity index (χ2n) is 5.84. The maximum absolute atomic E-state index is 13.0. The number of hydrogen-bond donors (Lipinski definition) is 3. The van der Waals surface area contributed by atoms with E-state index >= 15 is 0 Å². The van der Waals surface area contributed by atoms with Crippen LogP contribution in [-0.4, -0.2) is 30.0 Å². The van der Waals surface area contributed by atoms with Crippen molar-refractivity contribution >= 4 is 11.8 Å². The summed E-state index contributed by atoms with van der Waals surface area (Å²) in [5, 5.41) is 14.7. The lowest BCUT2D eigenvalue weighted by molar-refractivity contribution is -0.139. The van der Waals surface area contributed by atoms with Gasteiger partial charge in [-0.15, -0.1) is 0 Å². The van der Waals surface area contributed by atoms with Crippen molar-refractivity contribution in [2.24, 2.45) is 0 Å². The molecule has 3 N–H and O–H groups in total. The zero-order valence-electron chi connectivity index (χ0n) is 14.3. The van der Waals surface area contributed by atoms with Crippen molar-refractivity contribution in [3.8, 4) is 0 Å². The van der Waals surface area contributed by atoms with E-state index in [1.165, 1.54) is 12.1 Å². The first-order chi connectivity index (χ1) is 12.8. The van der Waals surface area contributed by atoms with Crippen LogP contribution in [0.5, 0.6) is 0 Å². The fourth-order valence-corrected chi connectivity index (χ4v) is 2.45. The maximum Gasteiger partial charge on any atom is 0.416 e. The summed E-state index contributed by atoms with van der Waals surface area (Å²) in [5.74, 6) is -0.973. The number of aliphatic hydroxyl groups is 1. The normalized spacial score (nSPS) is 12.3. The summed E-state index contributed by atoms with van der Waals surface area (Å²) >= 11 is 0. The van der Waals surface area contributed by atoms with Gasteiger partial charge < -0.3 is 15.7 Å². The molecule has 1 unspecified atom stereocenters. The molecule has 2 amide bonds. The van der Waals surface area contributed by atoms with Crippen molar-refractivity contribution in [3.05, 3.63) is 71.3 Å². The highest BCUT2D eigenvalue weighted by Gasteiger charge is 2.34. The first-order valence-corrected chi connectivity index (χ1v) is 8.19. The van der Waals surface area contributed by atoms with Crippen LogP contribution in [0.4, 0.5) is 13.2 Å². The first-order valence-electron chi connectivity index (χ1n) is 8.19. The molecule has 0 radical (unpaired) electrons. The van der Waals surface area contributed by atoms with E-state index in [4.69, 9.17) is 0 Å². The molecule has 27 heavy (non-hydrogen) atoms. The van der Waals surface area contributed by atoms with Crippen LogP contribution in [-0.2, 0) is 22.2 Å². The fourth-order valence-electron chi connectivity index (χ4n) is 2.45. The van der Waals surface area contributed by atoms with E-state index in [2.05, 4.69) is 10.6 Å². The summed E-state index contributed by atoms with van der Waals surface area (Å²) in [7, 11) is 0. The number of halogens is 3. The molecule has 0 saturated carbocycles. The number of aliphatic hydroxyl groups excluding tert-OH is 1. The molecule has 0 aliphatic carbocycles. The minimum atomic E-state index is -4.60. The van der Waals surface area contributed by atoms with Gasteiger partial charge in [-0.05, 0) is 17.2 Å². The standard InChI is InChI=1S/C19H19F3N2O3/c20-19(21,22)15-9-5-4-8-14(15)16(25)11-23-18(27)12-24-17(26)10-13-6-2-1-3-7-13/h1-9,16,25H,10-12H2,(H,23,27)(H,24,26). The Morgan fingerprint density at radius 2 is 1.56 bits per heavy atom. The molecule has 2 aromatic rings. The minimum absolute atomic E-state index is 0.107. The number of amides is 2. The van der Waals surface area contributed by atoms with Crippen molar-refractivity contribution in [2.45, 2.75) is 18.7 Å². The highest BCUT2D eigenvalue weighted by atomic mass is 19.4. The zero-order valence-corrected chi connectivity index (χ0v) is 14.3. The van der Waals surface area contributed by atoms with Crippen LogP contribution < -0.4 is 10.6 Å². The van der Waals surface area contributed by atoms with Gasteiger partial charge in [0.15, 0.2) is 0 Å². The monoisotopic (exact) mass is 380 g/mol. The van der Waals surface area contributed by atoms with Crippen LogP contribution in [0, 0.1) is 0 Å². The third-order valence-corrected chi connectivity index (χ3v) is 3.77. The molecule has 0 heterocycles. The van der Waals surface area contributed by atoms with Crippen molar-refractivity contribution in [1.82, 2.24) is 10.6 Å². The van der Waals surface area contributed by atoms with Gasteiger partial charge in [-0.3, -0.25) is 9.59 Å². The predicted octanol–water partition coefficient (Wildman–Crippen LogP) is 2.21. The molecule has 1 atom stereocenters. The van der Waals surface area contributed by atoms with Gasteiger partial charge >= 0.3 is 6.18 Å². The number of benzene rings is 2. The van der Waals surface area contributed by atoms with Crippen molar-refractivity contribution in [1.29, 1.82) is 0 Å². The van der Waals surface area contributed by atoms with Crippen LogP contribution in [0.1, 0.15) is 22.8 Å². The molecule has 0 spiro atoms. The van der Waals surface area contributed by atoms with Gasteiger partial charge in [0.1, 0.15) is 0 Å². The number of carbonyl (C=O) groups is 2. The minimum Gasteiger partial charge on any atom is -0.387 e. The van der Waals surface area contributed by atoms with Crippen molar-refractivity contribution in [2.75, 3.05) is 13.1 Å². The highest BCUT2D eigenvalue weighted by molar-refractivity contribution is 5.85. The van der Waals surface area contributed by atoms with E-state index < -0.39 is 30.3 Å². The molecule has 8 heteroatoms. The van der Waals surface area contributed by atoms with Gasteiger partial charge in [-0.1, -0.05) is 48.5 Å². The zero-order chi connectivity index (χ0) is 19.9. The molecule has 0 bridgehead atoms. The molecule has 0 fully saturated rings. The Morgan fingerprint density at radius 3 is 2.22 bits per heavy atom. The van der Waals surface area contributed by atoms with E-state index in [1.54, 1.807) is 24.3 Å². The maximum atomic E-state index is 13.0. The number of rotatable bonds is 7. The van der Waals surface area contributed by atoms with Crippen LogP contribution in [0.3, 0.4) is 0 Å². The SMILES string of the molecule is O=C(CNC(=O)Cc1ccccc1)NCC(O)c1ccccc1C(F)(F)F. The van der Waals surface area contributed by atoms with Crippen LogP contribution in [0.15, 0.2) is 54.6 Å². The average molecular weight is 380 g/mol. The number of hydrogen-bond acceptors (Lipinski definition) is 3. The predicted molar refractivity (Wildman–Crippen MR) is 92.6 cm³/mol. The third kappa shape index (κ3) is 6.41. The number of alkyl halides is 3. The number of nitrogens with one attached hydrogen (secondary N) is 2. The van der Waals surface area contributed by atoms with Gasteiger partial charge in [0.05, 0.1) is 24.6 Å². The van der Waals surface area contributed by atoms with Crippen LogP contribution in [0.25, 0.3) is 0 Å². The van der Waals surface area contributed by atoms with E-state index in [-0.39, 0.29) is 24.4 Å². The molecule has 0 aromatic heterocycles. The Morgan fingerprint density at radius 1 is 0.926 bits per heavy atom. The summed E-state index contributed by atoms with van der Waals surface area (Å²) in [6.07, 6.45) is -6.02. The lowest BCUT2D eigenvalue weighted by atomic mass is 10.0. The van der Waals surface area contributed by atoms with E-state index in [1.807, 2.05) is 6.07 Å². The summed E-state index contributed by atoms with van der Waals surface area (Å²) in [6, 6.07) is 13.6. The number of carbonyl (C=O) groups excluding carboxylic acids is 2. The Kier molecular flexibility index (Phi) is 6.95. The van der Waals surface area contributed by atoms with Gasteiger partial charge in [0, 0.05) is 6.54 Å². The molecular weight excluding hydrogens is 361 g/mol. The van der Waals surface area contributed by atoms with Crippen LogP contribution >= 0.6 is 0 Å². The molecule has 2 aromatic carbocycles. The molecule has 0 saturated heterocycles. The fraction of sp³-hybridized carbons (Fsp3) is 0.263. The molecule has 144 valence electrons. The Bertz CT molecular complexity index is 779. The van der Waals surface area contributed by atoms with Crippen molar-refractivity contribution < 1.29 is 27.9 Å². The smallest absolute Gasteiger partial charge is 0.387 e. The second-order valence-corrected chi connectivity index (χ2v) is 5.84. The van der Waals surface area contributed by atoms with Crippen molar-refractivity contribution in [3.63, 3.8) is 0 Å². The first kappa shape index (κ1) is 20.4. The molecular formula is C19H19F3N2O3. The van der Waals surface area contributed by atoms with E-state index in [0.29, 0.717) is 0 Å². The van der Waals surface area contributed by atoms with Crippen LogP contribution in [0.2, 0.25) is 0 Å². The van der Waals surface area contributed by atoms with Gasteiger partial charge in [0.2, 0.25) is 11.8 Å². The molecule has 0 aliphatic rings. The summed E-state index contributed by atoms with van der Waals surface area (Å²) in [4.78, 5) is 23.5. The Balaban J connectivity index is 1.81. The lowest BCUT2D eigenvalue weighted by Gasteiger charge is -2.18. The molecule has 0 aliphatic heterocycles. The van der Waals surface area contributed by atoms with E-state index in [9.17, 15) is 27.9 Å². The second kappa shape index (κ2) is 9.18. The largest absolute Gasteiger partial charge is 0.416 e. The highest BCUT2D eigenvalue weighted by Crippen LogP contribution is 2.34. The van der Waals surface area contributed by atoms with Gasteiger partial charge in [-0.2, -0.15) is 13.2 Å². The Hall–Kier alpha value is -2.87.